The Bertz CT molecular complexity index is 367. The lowest BCUT2D eigenvalue weighted by molar-refractivity contribution is 0.186. The summed E-state index contributed by atoms with van der Waals surface area (Å²) >= 11 is 0. The molecule has 1 aromatic carbocycles. The number of anilines is 1. The van der Waals surface area contributed by atoms with Gasteiger partial charge in [-0.2, -0.15) is 0 Å². The molecule has 18 heavy (non-hydrogen) atoms. The fourth-order valence-electron chi connectivity index (χ4n) is 2.32. The van der Waals surface area contributed by atoms with Crippen LogP contribution in [-0.2, 0) is 4.74 Å². The van der Waals surface area contributed by atoms with Gasteiger partial charge in [0.05, 0.1) is 6.61 Å². The normalized spacial score (nSPS) is 19.1. The molecule has 0 amide bonds. The molecule has 4 heteroatoms. The summed E-state index contributed by atoms with van der Waals surface area (Å²) in [5, 5.41) is 0. The lowest BCUT2D eigenvalue weighted by Crippen LogP contribution is -2.31. The SMILES string of the molecule is NCCCN(CC1CCOC1)c1cccc(F)c1. The minimum absolute atomic E-state index is 0.187. The van der Waals surface area contributed by atoms with Crippen molar-refractivity contribution < 1.29 is 9.13 Å². The maximum atomic E-state index is 13.3. The highest BCUT2D eigenvalue weighted by Crippen LogP contribution is 2.21. The average Bonchev–Trinajstić information content (AvgIpc) is 2.87. The molecule has 0 aliphatic carbocycles. The smallest absolute Gasteiger partial charge is 0.125 e. The Labute approximate surface area is 108 Å². The van der Waals surface area contributed by atoms with Gasteiger partial charge in [0.25, 0.3) is 0 Å². The van der Waals surface area contributed by atoms with Crippen molar-refractivity contribution in [3.63, 3.8) is 0 Å². The van der Waals surface area contributed by atoms with Crippen molar-refractivity contribution in [3.05, 3.63) is 30.1 Å². The highest BCUT2D eigenvalue weighted by molar-refractivity contribution is 5.46. The van der Waals surface area contributed by atoms with Crippen LogP contribution in [0.2, 0.25) is 0 Å². The van der Waals surface area contributed by atoms with E-state index in [-0.39, 0.29) is 5.82 Å². The van der Waals surface area contributed by atoms with Gasteiger partial charge >= 0.3 is 0 Å². The molecule has 2 N–H and O–H groups in total. The zero-order valence-electron chi connectivity index (χ0n) is 10.6. The summed E-state index contributed by atoms with van der Waals surface area (Å²) in [5.41, 5.74) is 6.51. The van der Waals surface area contributed by atoms with Crippen LogP contribution in [0.25, 0.3) is 0 Å². The van der Waals surface area contributed by atoms with E-state index in [1.165, 1.54) is 6.07 Å². The first-order chi connectivity index (χ1) is 8.79. The molecule has 0 spiro atoms. The molecular formula is C14H21FN2O. The second-order valence-electron chi connectivity index (χ2n) is 4.80. The molecule has 1 saturated heterocycles. The maximum absolute atomic E-state index is 13.3. The molecule has 0 bridgehead atoms. The van der Waals surface area contributed by atoms with E-state index in [0.29, 0.717) is 12.5 Å². The van der Waals surface area contributed by atoms with Crippen molar-refractivity contribution >= 4 is 5.69 Å². The van der Waals surface area contributed by atoms with Crippen molar-refractivity contribution in [2.24, 2.45) is 11.7 Å². The average molecular weight is 252 g/mol. The van der Waals surface area contributed by atoms with Crippen LogP contribution in [-0.4, -0.2) is 32.8 Å². The molecule has 100 valence electrons. The molecule has 1 aliphatic rings. The number of benzene rings is 1. The second-order valence-corrected chi connectivity index (χ2v) is 4.80. The van der Waals surface area contributed by atoms with E-state index in [1.807, 2.05) is 6.07 Å². The summed E-state index contributed by atoms with van der Waals surface area (Å²) in [5.74, 6) is 0.360. The van der Waals surface area contributed by atoms with Crippen LogP contribution in [0.5, 0.6) is 0 Å². The Morgan fingerprint density at radius 1 is 1.44 bits per heavy atom. The van der Waals surface area contributed by atoms with E-state index in [9.17, 15) is 4.39 Å². The third kappa shape index (κ3) is 3.68. The first-order valence-electron chi connectivity index (χ1n) is 6.58. The molecule has 0 saturated carbocycles. The summed E-state index contributed by atoms with van der Waals surface area (Å²) in [6, 6.07) is 6.77. The maximum Gasteiger partial charge on any atom is 0.125 e. The Morgan fingerprint density at radius 2 is 2.33 bits per heavy atom. The van der Waals surface area contributed by atoms with E-state index in [0.717, 1.165) is 44.8 Å². The quantitative estimate of drug-likeness (QED) is 0.841. The van der Waals surface area contributed by atoms with E-state index >= 15 is 0 Å². The first-order valence-corrected chi connectivity index (χ1v) is 6.58. The summed E-state index contributed by atoms with van der Waals surface area (Å²) < 4.78 is 18.7. The number of halogens is 1. The van der Waals surface area contributed by atoms with Gasteiger partial charge in [0, 0.05) is 31.3 Å². The zero-order valence-corrected chi connectivity index (χ0v) is 10.6. The second kappa shape index (κ2) is 6.71. The lowest BCUT2D eigenvalue weighted by Gasteiger charge is -2.27. The monoisotopic (exact) mass is 252 g/mol. The molecule has 3 nitrogen and oxygen atoms in total. The predicted octanol–water partition coefficient (Wildman–Crippen LogP) is 2.02. The fourth-order valence-corrected chi connectivity index (χ4v) is 2.32. The summed E-state index contributed by atoms with van der Waals surface area (Å²) in [6.07, 6.45) is 2.01. The number of nitrogens with two attached hydrogens (primary N) is 1. The van der Waals surface area contributed by atoms with E-state index in [2.05, 4.69) is 4.90 Å². The first kappa shape index (κ1) is 13.3. The summed E-state index contributed by atoms with van der Waals surface area (Å²) in [4.78, 5) is 2.22. The van der Waals surface area contributed by atoms with Crippen molar-refractivity contribution in [1.82, 2.24) is 0 Å². The highest BCUT2D eigenvalue weighted by Gasteiger charge is 2.19. The Hall–Kier alpha value is -1.13. The summed E-state index contributed by atoms with van der Waals surface area (Å²) in [7, 11) is 0. The number of nitrogens with zero attached hydrogens (tertiary/aromatic N) is 1. The number of rotatable bonds is 6. The molecule has 1 aromatic rings. The Balaban J connectivity index is 2.03. The van der Waals surface area contributed by atoms with Gasteiger partial charge in [-0.25, -0.2) is 4.39 Å². The molecular weight excluding hydrogens is 231 g/mol. The van der Waals surface area contributed by atoms with E-state index in [1.54, 1.807) is 12.1 Å². The lowest BCUT2D eigenvalue weighted by atomic mass is 10.1. The van der Waals surface area contributed by atoms with Gasteiger partial charge < -0.3 is 15.4 Å². The van der Waals surface area contributed by atoms with Gasteiger partial charge in [-0.3, -0.25) is 0 Å². The van der Waals surface area contributed by atoms with Crippen LogP contribution in [0, 0.1) is 11.7 Å². The van der Waals surface area contributed by atoms with Gasteiger partial charge in [-0.05, 0) is 37.6 Å². The Morgan fingerprint density at radius 3 is 3.00 bits per heavy atom. The predicted molar refractivity (Wildman–Crippen MR) is 71.2 cm³/mol. The number of hydrogen-bond donors (Lipinski definition) is 1. The van der Waals surface area contributed by atoms with Gasteiger partial charge in [-0.15, -0.1) is 0 Å². The van der Waals surface area contributed by atoms with Gasteiger partial charge in [0.1, 0.15) is 5.82 Å². The molecule has 1 aliphatic heterocycles. The van der Waals surface area contributed by atoms with Gasteiger partial charge in [0.2, 0.25) is 0 Å². The third-order valence-corrected chi connectivity index (χ3v) is 3.31. The van der Waals surface area contributed by atoms with Crippen LogP contribution in [0.4, 0.5) is 10.1 Å². The topological polar surface area (TPSA) is 38.5 Å². The van der Waals surface area contributed by atoms with E-state index in [4.69, 9.17) is 10.5 Å². The number of ether oxygens (including phenoxy) is 1. The van der Waals surface area contributed by atoms with Gasteiger partial charge in [0.15, 0.2) is 0 Å². The van der Waals surface area contributed by atoms with Crippen molar-refractivity contribution in [1.29, 1.82) is 0 Å². The minimum Gasteiger partial charge on any atom is -0.381 e. The van der Waals surface area contributed by atoms with Crippen LogP contribution in [0.15, 0.2) is 24.3 Å². The number of hydrogen-bond acceptors (Lipinski definition) is 3. The molecule has 2 rings (SSSR count). The highest BCUT2D eigenvalue weighted by atomic mass is 19.1. The molecule has 0 radical (unpaired) electrons. The van der Waals surface area contributed by atoms with Crippen LogP contribution in [0.1, 0.15) is 12.8 Å². The molecule has 1 atom stereocenters. The molecule has 1 unspecified atom stereocenters. The van der Waals surface area contributed by atoms with Crippen molar-refractivity contribution in [2.45, 2.75) is 12.8 Å². The Kier molecular flexibility index (Phi) is 4.96. The largest absolute Gasteiger partial charge is 0.381 e. The van der Waals surface area contributed by atoms with Crippen LogP contribution < -0.4 is 10.6 Å². The standard InChI is InChI=1S/C14H21FN2O/c15-13-3-1-4-14(9-13)17(7-2-6-16)10-12-5-8-18-11-12/h1,3-4,9,12H,2,5-8,10-11,16H2. The van der Waals surface area contributed by atoms with Gasteiger partial charge in [-0.1, -0.05) is 6.07 Å². The van der Waals surface area contributed by atoms with E-state index < -0.39 is 0 Å². The van der Waals surface area contributed by atoms with Crippen LogP contribution >= 0.6 is 0 Å². The summed E-state index contributed by atoms with van der Waals surface area (Å²) in [6.45, 7) is 4.11. The van der Waals surface area contributed by atoms with Crippen molar-refractivity contribution in [3.8, 4) is 0 Å². The van der Waals surface area contributed by atoms with Crippen LogP contribution in [0.3, 0.4) is 0 Å². The van der Waals surface area contributed by atoms with Crippen molar-refractivity contribution in [2.75, 3.05) is 37.7 Å². The molecule has 0 aromatic heterocycles. The molecule has 1 fully saturated rings. The third-order valence-electron chi connectivity index (χ3n) is 3.31. The minimum atomic E-state index is -0.187. The fraction of sp³-hybridized carbons (Fsp3) is 0.571. The molecule has 1 heterocycles. The zero-order chi connectivity index (χ0) is 12.8.